The number of rotatable bonds is 6. The van der Waals surface area contributed by atoms with Gasteiger partial charge in [-0.05, 0) is 27.2 Å². The van der Waals surface area contributed by atoms with E-state index in [4.69, 9.17) is 11.6 Å². The van der Waals surface area contributed by atoms with Crippen molar-refractivity contribution in [2.45, 2.75) is 39.7 Å². The Hall–Kier alpha value is -1.36. The first-order chi connectivity index (χ1) is 8.29. The number of nitrogens with one attached hydrogen (secondary N) is 2. The highest BCUT2D eigenvalue weighted by Crippen LogP contribution is 2.02. The summed E-state index contributed by atoms with van der Waals surface area (Å²) in [4.78, 5) is 26.6. The average molecular weight is 274 g/mol. The van der Waals surface area contributed by atoms with E-state index in [1.54, 1.807) is 13.8 Å². The first-order valence-electron chi connectivity index (χ1n) is 5.72. The van der Waals surface area contributed by atoms with E-state index >= 15 is 0 Å². The number of halogens is 1. The number of aliphatic imine (C=N–C) groups is 1. The van der Waals surface area contributed by atoms with Gasteiger partial charge in [-0.1, -0.05) is 24.6 Å². The summed E-state index contributed by atoms with van der Waals surface area (Å²) in [7, 11) is 0. The number of amides is 2. The van der Waals surface area contributed by atoms with Crippen molar-refractivity contribution in [2.24, 2.45) is 4.99 Å². The van der Waals surface area contributed by atoms with Crippen LogP contribution in [0.15, 0.2) is 16.1 Å². The van der Waals surface area contributed by atoms with Crippen LogP contribution in [0, 0.1) is 0 Å². The number of urea groups is 1. The number of hydrogen-bond donors (Lipinski definition) is 2. The predicted octanol–water partition coefficient (Wildman–Crippen LogP) is 2.21. The van der Waals surface area contributed by atoms with Gasteiger partial charge in [-0.2, -0.15) is 0 Å². The summed E-state index contributed by atoms with van der Waals surface area (Å²) in [6.07, 6.45) is 4.11. The van der Waals surface area contributed by atoms with Crippen molar-refractivity contribution >= 4 is 29.6 Å². The number of allylic oxidation sites excluding steroid dienone is 2. The highest BCUT2D eigenvalue weighted by molar-refractivity contribution is 6.39. The molecule has 2 N–H and O–H groups in total. The van der Waals surface area contributed by atoms with Gasteiger partial charge in [0.2, 0.25) is 0 Å². The van der Waals surface area contributed by atoms with E-state index < -0.39 is 11.6 Å². The Morgan fingerprint density at radius 1 is 1.39 bits per heavy atom. The molecule has 0 unspecified atom stereocenters. The smallest absolute Gasteiger partial charge is 0.317 e. The Bertz CT molecular complexity index is 362. The molecule has 0 atom stereocenters. The Morgan fingerprint density at radius 2 is 2.00 bits per heavy atom. The first-order valence-corrected chi connectivity index (χ1v) is 6.10. The molecule has 0 aromatic rings. The van der Waals surface area contributed by atoms with Crippen LogP contribution in [0.2, 0.25) is 0 Å². The molecule has 0 aromatic carbocycles. The van der Waals surface area contributed by atoms with Gasteiger partial charge in [-0.3, -0.25) is 9.79 Å². The van der Waals surface area contributed by atoms with Crippen LogP contribution in [0.3, 0.4) is 0 Å². The van der Waals surface area contributed by atoms with Crippen molar-refractivity contribution in [1.82, 2.24) is 10.6 Å². The van der Waals surface area contributed by atoms with Crippen LogP contribution in [-0.4, -0.2) is 30.2 Å². The SMILES string of the molecule is CC/C=C(Cl)\C=N/CNC(=O)NC(C)(C)C(C)=O. The van der Waals surface area contributed by atoms with Crippen LogP contribution in [0.5, 0.6) is 0 Å². The van der Waals surface area contributed by atoms with Gasteiger partial charge in [0.1, 0.15) is 6.67 Å². The molecular weight excluding hydrogens is 254 g/mol. The van der Waals surface area contributed by atoms with Crippen LogP contribution in [0.25, 0.3) is 0 Å². The fourth-order valence-corrected chi connectivity index (χ4v) is 1.14. The van der Waals surface area contributed by atoms with E-state index in [-0.39, 0.29) is 12.5 Å². The average Bonchev–Trinajstić information content (AvgIpc) is 2.24. The number of carbonyl (C=O) groups is 2. The molecule has 0 aliphatic heterocycles. The molecule has 0 saturated heterocycles. The number of hydrogen-bond acceptors (Lipinski definition) is 3. The zero-order valence-electron chi connectivity index (χ0n) is 11.2. The molecule has 102 valence electrons. The Labute approximate surface area is 113 Å². The van der Waals surface area contributed by atoms with Gasteiger partial charge in [0, 0.05) is 6.21 Å². The Balaban J connectivity index is 4.06. The lowest BCUT2D eigenvalue weighted by Gasteiger charge is -2.22. The molecule has 0 bridgehead atoms. The molecule has 2 amide bonds. The van der Waals surface area contributed by atoms with Crippen LogP contribution < -0.4 is 10.6 Å². The Morgan fingerprint density at radius 3 is 2.50 bits per heavy atom. The minimum atomic E-state index is -0.881. The van der Waals surface area contributed by atoms with Crippen molar-refractivity contribution in [2.75, 3.05) is 6.67 Å². The van der Waals surface area contributed by atoms with Crippen molar-refractivity contribution in [3.63, 3.8) is 0 Å². The maximum atomic E-state index is 11.4. The monoisotopic (exact) mass is 273 g/mol. The third-order valence-electron chi connectivity index (χ3n) is 2.25. The number of ketones is 1. The molecule has 6 heteroatoms. The highest BCUT2D eigenvalue weighted by Gasteiger charge is 2.25. The van der Waals surface area contributed by atoms with E-state index in [1.807, 2.05) is 13.0 Å². The second kappa shape index (κ2) is 7.87. The third-order valence-corrected chi connectivity index (χ3v) is 2.50. The zero-order chi connectivity index (χ0) is 14.2. The molecule has 0 radical (unpaired) electrons. The topological polar surface area (TPSA) is 70.6 Å². The maximum Gasteiger partial charge on any atom is 0.317 e. The largest absolute Gasteiger partial charge is 0.326 e. The molecule has 5 nitrogen and oxygen atoms in total. The van der Waals surface area contributed by atoms with E-state index in [2.05, 4.69) is 15.6 Å². The van der Waals surface area contributed by atoms with Gasteiger partial charge in [0.25, 0.3) is 0 Å². The zero-order valence-corrected chi connectivity index (χ0v) is 12.0. The lowest BCUT2D eigenvalue weighted by molar-refractivity contribution is -0.121. The molecule has 0 aromatic heterocycles. The molecular formula is C12H20ClN3O2. The second-order valence-electron chi connectivity index (χ2n) is 4.28. The number of nitrogens with zero attached hydrogens (tertiary/aromatic N) is 1. The van der Waals surface area contributed by atoms with E-state index in [9.17, 15) is 9.59 Å². The maximum absolute atomic E-state index is 11.4. The van der Waals surface area contributed by atoms with Crippen LogP contribution in [0.1, 0.15) is 34.1 Å². The van der Waals surface area contributed by atoms with Gasteiger partial charge < -0.3 is 10.6 Å². The number of Topliss-reactive ketones (excluding diaryl/α,β-unsaturated/α-hetero) is 1. The standard InChI is InChI=1S/C12H20ClN3O2/c1-5-6-10(13)7-14-8-15-11(18)16-12(3,4)9(2)17/h6-7H,5,8H2,1-4H3,(H2,15,16,18)/b10-6+,14-7-. The van der Waals surface area contributed by atoms with Gasteiger partial charge in [0.05, 0.1) is 10.6 Å². The second-order valence-corrected chi connectivity index (χ2v) is 4.72. The minimum Gasteiger partial charge on any atom is -0.326 e. The number of carbonyl (C=O) groups excluding carboxylic acids is 2. The van der Waals surface area contributed by atoms with Crippen LogP contribution in [0.4, 0.5) is 4.79 Å². The van der Waals surface area contributed by atoms with Crippen molar-refractivity contribution < 1.29 is 9.59 Å². The van der Waals surface area contributed by atoms with E-state index in [1.165, 1.54) is 13.1 Å². The first kappa shape index (κ1) is 16.6. The summed E-state index contributed by atoms with van der Waals surface area (Å²) in [5.41, 5.74) is -0.881. The summed E-state index contributed by atoms with van der Waals surface area (Å²) in [6, 6.07) is -0.442. The fourth-order valence-electron chi connectivity index (χ4n) is 0.914. The van der Waals surface area contributed by atoms with Crippen LogP contribution in [-0.2, 0) is 4.79 Å². The lowest BCUT2D eigenvalue weighted by atomic mass is 10.0. The van der Waals surface area contributed by atoms with E-state index in [0.717, 1.165) is 6.42 Å². The van der Waals surface area contributed by atoms with Gasteiger partial charge in [-0.15, -0.1) is 0 Å². The van der Waals surface area contributed by atoms with Gasteiger partial charge in [0.15, 0.2) is 5.78 Å². The molecule has 0 spiro atoms. The molecule has 0 saturated carbocycles. The summed E-state index contributed by atoms with van der Waals surface area (Å²) < 4.78 is 0. The fraction of sp³-hybridized carbons (Fsp3) is 0.583. The molecule has 18 heavy (non-hydrogen) atoms. The summed E-state index contributed by atoms with van der Waals surface area (Å²) in [5, 5.41) is 5.58. The minimum absolute atomic E-state index is 0.105. The highest BCUT2D eigenvalue weighted by atomic mass is 35.5. The lowest BCUT2D eigenvalue weighted by Crippen LogP contribution is -2.52. The summed E-state index contributed by atoms with van der Waals surface area (Å²) >= 11 is 5.78. The van der Waals surface area contributed by atoms with Crippen molar-refractivity contribution in [1.29, 1.82) is 0 Å². The quantitative estimate of drug-likeness (QED) is 0.729. The van der Waals surface area contributed by atoms with Gasteiger partial charge in [-0.25, -0.2) is 4.79 Å². The van der Waals surface area contributed by atoms with E-state index in [0.29, 0.717) is 5.03 Å². The summed E-state index contributed by atoms with van der Waals surface area (Å²) in [5.74, 6) is -0.116. The molecule has 0 rings (SSSR count). The molecule has 0 aliphatic carbocycles. The molecule has 0 heterocycles. The normalized spacial score (nSPS) is 12.6. The summed E-state index contributed by atoms with van der Waals surface area (Å²) in [6.45, 7) is 6.77. The van der Waals surface area contributed by atoms with Crippen molar-refractivity contribution in [3.05, 3.63) is 11.1 Å². The van der Waals surface area contributed by atoms with Crippen molar-refractivity contribution in [3.8, 4) is 0 Å². The Kier molecular flexibility index (Phi) is 7.27. The third kappa shape index (κ3) is 7.06. The molecule has 0 aliphatic rings. The van der Waals surface area contributed by atoms with Gasteiger partial charge >= 0.3 is 6.03 Å². The predicted molar refractivity (Wildman–Crippen MR) is 74.0 cm³/mol. The van der Waals surface area contributed by atoms with Crippen LogP contribution >= 0.6 is 11.6 Å². The molecule has 0 fully saturated rings.